The van der Waals surface area contributed by atoms with Gasteiger partial charge in [0.15, 0.2) is 0 Å². The molecular formula is C26H35N5O2. The Kier molecular flexibility index (Phi) is 5.37. The quantitative estimate of drug-likeness (QED) is 0.627. The van der Waals surface area contributed by atoms with Gasteiger partial charge < -0.3 is 14.6 Å². The summed E-state index contributed by atoms with van der Waals surface area (Å²) in [5, 5.41) is 9.06. The second kappa shape index (κ2) is 7.99. The second-order valence-corrected chi connectivity index (χ2v) is 10.8. The molecule has 0 unspecified atom stereocenters. The fourth-order valence-electron chi connectivity index (χ4n) is 5.31. The zero-order chi connectivity index (χ0) is 23.4. The van der Waals surface area contributed by atoms with Crippen LogP contribution in [0.1, 0.15) is 45.4 Å². The molecule has 1 aromatic carbocycles. The third-order valence-corrected chi connectivity index (χ3v) is 7.54. The zero-order valence-corrected chi connectivity index (χ0v) is 20.4. The highest BCUT2D eigenvalue weighted by Crippen LogP contribution is 2.38. The molecule has 0 radical (unpaired) electrons. The number of ether oxygens (including phenoxy) is 1. The maximum Gasteiger partial charge on any atom is 0.246 e. The number of anilines is 1. The number of carbonyl (C=O) groups excluding carboxylic acids is 1. The highest BCUT2D eigenvalue weighted by Gasteiger charge is 2.38. The van der Waals surface area contributed by atoms with Gasteiger partial charge in [-0.15, -0.1) is 0 Å². The number of aromatic amines is 2. The molecule has 1 saturated heterocycles. The molecule has 3 aromatic rings. The van der Waals surface area contributed by atoms with Crippen LogP contribution < -0.4 is 4.90 Å². The number of nitrogens with one attached hydrogen (secondary N) is 2. The van der Waals surface area contributed by atoms with Crippen molar-refractivity contribution in [3.05, 3.63) is 35.5 Å². The molecule has 0 spiro atoms. The number of hydrogen-bond acceptors (Lipinski definition) is 4. The van der Waals surface area contributed by atoms with Crippen molar-refractivity contribution in [2.45, 2.75) is 52.5 Å². The van der Waals surface area contributed by atoms with Crippen LogP contribution in [0.4, 0.5) is 5.69 Å². The monoisotopic (exact) mass is 449 g/mol. The highest BCUT2D eigenvalue weighted by molar-refractivity contribution is 6.01. The summed E-state index contributed by atoms with van der Waals surface area (Å²) in [5.41, 5.74) is 6.27. The number of amides is 1. The fourth-order valence-corrected chi connectivity index (χ4v) is 5.31. The molecule has 1 fully saturated rings. The molecule has 1 aliphatic heterocycles. The summed E-state index contributed by atoms with van der Waals surface area (Å²) in [4.78, 5) is 21.0. The van der Waals surface area contributed by atoms with Gasteiger partial charge in [0.1, 0.15) is 5.69 Å². The summed E-state index contributed by atoms with van der Waals surface area (Å²) in [6, 6.07) is 8.33. The molecule has 2 N–H and O–H groups in total. The molecule has 176 valence electrons. The summed E-state index contributed by atoms with van der Waals surface area (Å²) < 4.78 is 5.47. The first-order valence-electron chi connectivity index (χ1n) is 12.0. The van der Waals surface area contributed by atoms with Gasteiger partial charge in [0, 0.05) is 48.0 Å². The van der Waals surface area contributed by atoms with Crippen LogP contribution in [0.2, 0.25) is 0 Å². The van der Waals surface area contributed by atoms with Crippen molar-refractivity contribution >= 4 is 22.5 Å². The van der Waals surface area contributed by atoms with Gasteiger partial charge in [-0.1, -0.05) is 19.9 Å². The van der Waals surface area contributed by atoms with E-state index in [0.29, 0.717) is 18.6 Å². The SMILES string of the molecule is CN(C(=O)C(C)(C)N1CCOCC1)c1ccc2cc(-c3n[nH]c4c3CCC(C)(C)C4)[nH]c2c1. The molecule has 1 aliphatic carbocycles. The number of H-pyrrole nitrogens is 2. The second-order valence-electron chi connectivity index (χ2n) is 10.8. The summed E-state index contributed by atoms with van der Waals surface area (Å²) in [6.45, 7) is 11.5. The average molecular weight is 450 g/mol. The third-order valence-electron chi connectivity index (χ3n) is 7.54. The number of fused-ring (bicyclic) bond motifs is 2. The molecule has 3 heterocycles. The van der Waals surface area contributed by atoms with Crippen LogP contribution in [0.15, 0.2) is 24.3 Å². The average Bonchev–Trinajstić information content (AvgIpc) is 3.40. The molecule has 0 saturated carbocycles. The predicted octanol–water partition coefficient (Wildman–Crippen LogP) is 4.15. The zero-order valence-electron chi connectivity index (χ0n) is 20.4. The van der Waals surface area contributed by atoms with E-state index in [1.807, 2.05) is 27.0 Å². The molecule has 33 heavy (non-hydrogen) atoms. The van der Waals surface area contributed by atoms with Gasteiger partial charge in [0.2, 0.25) is 5.91 Å². The smallest absolute Gasteiger partial charge is 0.246 e. The summed E-state index contributed by atoms with van der Waals surface area (Å²) >= 11 is 0. The lowest BCUT2D eigenvalue weighted by Crippen LogP contribution is -2.58. The van der Waals surface area contributed by atoms with Gasteiger partial charge in [0.25, 0.3) is 0 Å². The Morgan fingerprint density at radius 1 is 1.21 bits per heavy atom. The van der Waals surface area contributed by atoms with E-state index in [4.69, 9.17) is 4.74 Å². The highest BCUT2D eigenvalue weighted by atomic mass is 16.5. The minimum atomic E-state index is -0.587. The number of aromatic nitrogens is 3. The predicted molar refractivity (Wildman–Crippen MR) is 132 cm³/mol. The van der Waals surface area contributed by atoms with Crippen molar-refractivity contribution in [2.75, 3.05) is 38.3 Å². The summed E-state index contributed by atoms with van der Waals surface area (Å²) in [6.07, 6.45) is 3.25. The molecule has 0 atom stereocenters. The maximum atomic E-state index is 13.4. The molecular weight excluding hydrogens is 414 g/mol. The van der Waals surface area contributed by atoms with Crippen LogP contribution >= 0.6 is 0 Å². The van der Waals surface area contributed by atoms with E-state index in [1.165, 1.54) is 17.7 Å². The van der Waals surface area contributed by atoms with Crippen LogP contribution in [0.25, 0.3) is 22.3 Å². The Morgan fingerprint density at radius 3 is 2.73 bits per heavy atom. The lowest BCUT2D eigenvalue weighted by atomic mass is 9.76. The van der Waals surface area contributed by atoms with E-state index in [2.05, 4.69) is 52.1 Å². The van der Waals surface area contributed by atoms with E-state index in [-0.39, 0.29) is 5.91 Å². The molecule has 7 nitrogen and oxygen atoms in total. The summed E-state index contributed by atoms with van der Waals surface area (Å²) in [7, 11) is 1.86. The molecule has 5 rings (SSSR count). The van der Waals surface area contributed by atoms with Gasteiger partial charge in [0.05, 0.1) is 24.4 Å². The lowest BCUT2D eigenvalue weighted by Gasteiger charge is -2.41. The van der Waals surface area contributed by atoms with Crippen LogP contribution in [-0.2, 0) is 22.4 Å². The van der Waals surface area contributed by atoms with Crippen molar-refractivity contribution in [1.82, 2.24) is 20.1 Å². The maximum absolute atomic E-state index is 13.4. The summed E-state index contributed by atoms with van der Waals surface area (Å²) in [5.74, 6) is 0.0829. The first-order chi connectivity index (χ1) is 15.7. The Morgan fingerprint density at radius 2 is 1.97 bits per heavy atom. The minimum absolute atomic E-state index is 0.0829. The number of morpholine rings is 1. The largest absolute Gasteiger partial charge is 0.379 e. The number of carbonyl (C=O) groups is 1. The first kappa shape index (κ1) is 22.2. The van der Waals surface area contributed by atoms with Crippen molar-refractivity contribution in [3.8, 4) is 11.4 Å². The van der Waals surface area contributed by atoms with Crippen LogP contribution in [0, 0.1) is 5.41 Å². The molecule has 2 aliphatic rings. The van der Waals surface area contributed by atoms with Gasteiger partial charge in [-0.25, -0.2) is 0 Å². The van der Waals surface area contributed by atoms with E-state index >= 15 is 0 Å². The lowest BCUT2D eigenvalue weighted by molar-refractivity contribution is -0.131. The van der Waals surface area contributed by atoms with Gasteiger partial charge in [-0.05, 0) is 56.7 Å². The van der Waals surface area contributed by atoms with E-state index < -0.39 is 5.54 Å². The van der Waals surface area contributed by atoms with Gasteiger partial charge in [-0.2, -0.15) is 5.10 Å². The van der Waals surface area contributed by atoms with Crippen molar-refractivity contribution in [2.24, 2.45) is 5.41 Å². The van der Waals surface area contributed by atoms with Crippen molar-refractivity contribution in [3.63, 3.8) is 0 Å². The van der Waals surface area contributed by atoms with E-state index in [9.17, 15) is 4.79 Å². The normalized spacial score (nSPS) is 18.9. The number of nitrogens with zero attached hydrogens (tertiary/aromatic N) is 3. The van der Waals surface area contributed by atoms with E-state index in [1.54, 1.807) is 4.90 Å². The van der Waals surface area contributed by atoms with Crippen molar-refractivity contribution in [1.29, 1.82) is 0 Å². The Bertz CT molecular complexity index is 1180. The Balaban J connectivity index is 1.41. The molecule has 1 amide bonds. The fraction of sp³-hybridized carbons (Fsp3) is 0.538. The molecule has 2 aromatic heterocycles. The standard InChI is InChI=1S/C26H35N5O2/c1-25(2)9-8-19-22(16-25)28-29-23(19)21-14-17-6-7-18(15-20(17)27-21)30(5)24(32)26(3,4)31-10-12-33-13-11-31/h6-7,14-15,27H,8-13,16H2,1-5H3,(H,28,29). The van der Waals surface area contributed by atoms with Gasteiger partial charge in [-0.3, -0.25) is 14.8 Å². The molecule has 7 heteroatoms. The van der Waals surface area contributed by atoms with Crippen LogP contribution in [0.3, 0.4) is 0 Å². The molecule has 0 bridgehead atoms. The number of rotatable bonds is 4. The van der Waals surface area contributed by atoms with E-state index in [0.717, 1.165) is 53.9 Å². The van der Waals surface area contributed by atoms with Crippen LogP contribution in [-0.4, -0.2) is 64.9 Å². The number of likely N-dealkylation sites (N-methyl/N-ethyl adjacent to an activating group) is 1. The number of benzene rings is 1. The first-order valence-corrected chi connectivity index (χ1v) is 12.0. The topological polar surface area (TPSA) is 77.2 Å². The Labute approximate surface area is 195 Å². The van der Waals surface area contributed by atoms with Gasteiger partial charge >= 0.3 is 0 Å². The minimum Gasteiger partial charge on any atom is -0.379 e. The number of hydrogen-bond donors (Lipinski definition) is 2. The third kappa shape index (κ3) is 3.97. The van der Waals surface area contributed by atoms with Crippen molar-refractivity contribution < 1.29 is 9.53 Å². The Hall–Kier alpha value is -2.64. The van der Waals surface area contributed by atoms with Crippen LogP contribution in [0.5, 0.6) is 0 Å².